The largest absolute Gasteiger partial charge is 0.314 e. The van der Waals surface area contributed by atoms with Crippen LogP contribution < -0.4 is 5.32 Å². The molecule has 17 heavy (non-hydrogen) atoms. The van der Waals surface area contributed by atoms with E-state index in [-0.39, 0.29) is 6.04 Å². The van der Waals surface area contributed by atoms with Gasteiger partial charge >= 0.3 is 0 Å². The number of hydrogen-bond acceptors (Lipinski definition) is 4. The number of thiophene rings is 1. The van der Waals surface area contributed by atoms with Crippen molar-refractivity contribution in [2.75, 3.05) is 19.6 Å². The molecule has 0 bridgehead atoms. The van der Waals surface area contributed by atoms with Crippen LogP contribution in [0.4, 0.5) is 0 Å². The highest BCUT2D eigenvalue weighted by Crippen LogP contribution is 2.26. The number of piperazine rings is 1. The Bertz CT molecular complexity index is 481. The van der Waals surface area contributed by atoms with Gasteiger partial charge in [0.2, 0.25) is 0 Å². The van der Waals surface area contributed by atoms with Crippen molar-refractivity contribution in [3.63, 3.8) is 0 Å². The molecule has 1 aromatic rings. The summed E-state index contributed by atoms with van der Waals surface area (Å²) in [6.45, 7) is 6.00. The van der Waals surface area contributed by atoms with Crippen LogP contribution in [0.2, 0.25) is 0 Å². The van der Waals surface area contributed by atoms with Crippen LogP contribution in [-0.4, -0.2) is 38.4 Å². The van der Waals surface area contributed by atoms with E-state index < -0.39 is 10.0 Å². The molecule has 0 amide bonds. The van der Waals surface area contributed by atoms with E-state index in [1.165, 1.54) is 11.3 Å². The Balaban J connectivity index is 2.28. The van der Waals surface area contributed by atoms with E-state index in [2.05, 4.69) is 5.32 Å². The van der Waals surface area contributed by atoms with Crippen LogP contribution in [0.5, 0.6) is 0 Å². The Morgan fingerprint density at radius 3 is 2.88 bits per heavy atom. The lowest BCUT2D eigenvalue weighted by Crippen LogP contribution is -2.51. The second-order valence-corrected chi connectivity index (χ2v) is 7.53. The van der Waals surface area contributed by atoms with Gasteiger partial charge in [-0.05, 0) is 25.5 Å². The van der Waals surface area contributed by atoms with Crippen molar-refractivity contribution in [3.05, 3.63) is 17.0 Å². The van der Waals surface area contributed by atoms with Gasteiger partial charge in [0.05, 0.1) is 0 Å². The standard InChI is InChI=1S/C11H18N2O2S2/c1-3-10-4-5-11(16-10)17(14,15)13-7-6-12-8-9(13)2/h4-5,9,12H,3,6-8H2,1-2H3. The van der Waals surface area contributed by atoms with Crippen molar-refractivity contribution in [2.24, 2.45) is 0 Å². The molecular formula is C11H18N2O2S2. The highest BCUT2D eigenvalue weighted by molar-refractivity contribution is 7.91. The van der Waals surface area contributed by atoms with Crippen molar-refractivity contribution >= 4 is 21.4 Å². The molecule has 1 atom stereocenters. The first kappa shape index (κ1) is 13.0. The number of nitrogens with zero attached hydrogens (tertiary/aromatic N) is 1. The molecular weight excluding hydrogens is 256 g/mol. The monoisotopic (exact) mass is 274 g/mol. The normalized spacial score (nSPS) is 22.8. The predicted molar refractivity (Wildman–Crippen MR) is 69.9 cm³/mol. The maximum atomic E-state index is 12.4. The van der Waals surface area contributed by atoms with Gasteiger partial charge < -0.3 is 5.32 Å². The summed E-state index contributed by atoms with van der Waals surface area (Å²) in [6, 6.07) is 3.67. The number of hydrogen-bond donors (Lipinski definition) is 1. The van der Waals surface area contributed by atoms with Gasteiger partial charge in [-0.15, -0.1) is 11.3 Å². The van der Waals surface area contributed by atoms with Crippen molar-refractivity contribution in [1.29, 1.82) is 0 Å². The molecule has 1 N–H and O–H groups in total. The summed E-state index contributed by atoms with van der Waals surface area (Å²) in [6.07, 6.45) is 0.886. The molecule has 0 spiro atoms. The minimum absolute atomic E-state index is 0.0286. The fraction of sp³-hybridized carbons (Fsp3) is 0.636. The molecule has 0 radical (unpaired) electrons. The topological polar surface area (TPSA) is 49.4 Å². The van der Waals surface area contributed by atoms with Crippen molar-refractivity contribution in [1.82, 2.24) is 9.62 Å². The summed E-state index contributed by atoms with van der Waals surface area (Å²) < 4.78 is 27.0. The second kappa shape index (κ2) is 5.06. The minimum Gasteiger partial charge on any atom is -0.314 e. The molecule has 2 heterocycles. The third-order valence-electron chi connectivity index (χ3n) is 2.99. The Kier molecular flexibility index (Phi) is 3.87. The summed E-state index contributed by atoms with van der Waals surface area (Å²) in [4.78, 5) is 1.12. The molecule has 2 rings (SSSR count). The zero-order valence-electron chi connectivity index (χ0n) is 10.1. The zero-order valence-corrected chi connectivity index (χ0v) is 11.8. The van der Waals surface area contributed by atoms with E-state index in [1.54, 1.807) is 10.4 Å². The first-order valence-corrected chi connectivity index (χ1v) is 8.12. The lowest BCUT2D eigenvalue weighted by Gasteiger charge is -2.32. The molecule has 96 valence electrons. The average molecular weight is 274 g/mol. The molecule has 1 unspecified atom stereocenters. The Morgan fingerprint density at radius 2 is 2.29 bits per heavy atom. The Hall–Kier alpha value is -0.430. The number of rotatable bonds is 3. The summed E-state index contributed by atoms with van der Waals surface area (Å²) >= 11 is 1.39. The van der Waals surface area contributed by atoms with Crippen LogP contribution in [0.3, 0.4) is 0 Å². The molecule has 4 nitrogen and oxygen atoms in total. The van der Waals surface area contributed by atoms with Crippen LogP contribution in [0.25, 0.3) is 0 Å². The van der Waals surface area contributed by atoms with Crippen LogP contribution in [0.1, 0.15) is 18.7 Å². The SMILES string of the molecule is CCc1ccc(S(=O)(=O)N2CCNCC2C)s1. The Morgan fingerprint density at radius 1 is 1.53 bits per heavy atom. The smallest absolute Gasteiger partial charge is 0.252 e. The average Bonchev–Trinajstić information content (AvgIpc) is 2.78. The summed E-state index contributed by atoms with van der Waals surface area (Å²) in [7, 11) is -3.29. The molecule has 6 heteroatoms. The van der Waals surface area contributed by atoms with Gasteiger partial charge in [-0.25, -0.2) is 8.42 Å². The quantitative estimate of drug-likeness (QED) is 0.903. The van der Waals surface area contributed by atoms with Gasteiger partial charge in [-0.1, -0.05) is 6.92 Å². The van der Waals surface area contributed by atoms with Crippen LogP contribution in [0.15, 0.2) is 16.3 Å². The van der Waals surface area contributed by atoms with Crippen molar-refractivity contribution in [3.8, 4) is 0 Å². The second-order valence-electron chi connectivity index (χ2n) is 4.24. The van der Waals surface area contributed by atoms with Gasteiger partial charge in [-0.2, -0.15) is 4.31 Å². The lowest BCUT2D eigenvalue weighted by atomic mass is 10.3. The zero-order chi connectivity index (χ0) is 12.5. The summed E-state index contributed by atoms with van der Waals surface area (Å²) in [5.74, 6) is 0. The predicted octanol–water partition coefficient (Wildman–Crippen LogP) is 1.29. The van der Waals surface area contributed by atoms with Crippen molar-refractivity contribution < 1.29 is 8.42 Å². The van der Waals surface area contributed by atoms with E-state index in [1.807, 2.05) is 19.9 Å². The molecule has 1 aliphatic rings. The fourth-order valence-corrected chi connectivity index (χ4v) is 5.04. The molecule has 0 aromatic carbocycles. The van der Waals surface area contributed by atoms with Crippen molar-refractivity contribution in [2.45, 2.75) is 30.5 Å². The lowest BCUT2D eigenvalue weighted by molar-refractivity contribution is 0.284. The minimum atomic E-state index is -3.29. The molecule has 1 aromatic heterocycles. The third-order valence-corrected chi connectivity index (χ3v) is 6.70. The number of nitrogens with one attached hydrogen (secondary N) is 1. The van der Waals surface area contributed by atoms with Gasteiger partial charge in [0, 0.05) is 30.6 Å². The van der Waals surface area contributed by atoms with Gasteiger partial charge in [0.1, 0.15) is 4.21 Å². The van der Waals surface area contributed by atoms with Gasteiger partial charge in [0.15, 0.2) is 0 Å². The van der Waals surface area contributed by atoms with E-state index in [0.717, 1.165) is 24.4 Å². The number of sulfonamides is 1. The van der Waals surface area contributed by atoms with E-state index in [4.69, 9.17) is 0 Å². The third kappa shape index (κ3) is 2.54. The number of aryl methyl sites for hydroxylation is 1. The van der Waals surface area contributed by atoms with Crippen LogP contribution >= 0.6 is 11.3 Å². The Labute approximate surface area is 107 Å². The van der Waals surface area contributed by atoms with E-state index >= 15 is 0 Å². The molecule has 1 saturated heterocycles. The van der Waals surface area contributed by atoms with Gasteiger partial charge in [-0.3, -0.25) is 0 Å². The van der Waals surface area contributed by atoms with E-state index in [9.17, 15) is 8.42 Å². The molecule has 1 aliphatic heterocycles. The van der Waals surface area contributed by atoms with Crippen LogP contribution in [-0.2, 0) is 16.4 Å². The fourth-order valence-electron chi connectivity index (χ4n) is 1.98. The first-order chi connectivity index (χ1) is 8.05. The summed E-state index contributed by atoms with van der Waals surface area (Å²) in [5.41, 5.74) is 0. The maximum Gasteiger partial charge on any atom is 0.252 e. The molecule has 1 fully saturated rings. The highest BCUT2D eigenvalue weighted by atomic mass is 32.2. The maximum absolute atomic E-state index is 12.4. The highest BCUT2D eigenvalue weighted by Gasteiger charge is 2.31. The van der Waals surface area contributed by atoms with E-state index in [0.29, 0.717) is 10.8 Å². The first-order valence-electron chi connectivity index (χ1n) is 5.87. The molecule has 0 saturated carbocycles. The van der Waals surface area contributed by atoms with Crippen LogP contribution in [0, 0.1) is 0 Å². The molecule has 0 aliphatic carbocycles. The summed E-state index contributed by atoms with van der Waals surface area (Å²) in [5, 5.41) is 3.20. The van der Waals surface area contributed by atoms with Gasteiger partial charge in [0.25, 0.3) is 10.0 Å².